The summed E-state index contributed by atoms with van der Waals surface area (Å²) in [6.45, 7) is 0. The summed E-state index contributed by atoms with van der Waals surface area (Å²) in [7, 11) is 0. The van der Waals surface area contributed by atoms with E-state index in [4.69, 9.17) is 9.51 Å². The van der Waals surface area contributed by atoms with Gasteiger partial charge < -0.3 is 4.52 Å². The van der Waals surface area contributed by atoms with Gasteiger partial charge in [0.2, 0.25) is 11.7 Å². The third-order valence-corrected chi connectivity index (χ3v) is 6.23. The normalized spacial score (nSPS) is 14.6. The molecule has 6 nitrogen and oxygen atoms in total. The number of aromatic nitrogens is 4. The van der Waals surface area contributed by atoms with E-state index in [9.17, 15) is 4.79 Å². The number of rotatable bonds is 5. The van der Waals surface area contributed by atoms with Crippen molar-refractivity contribution < 1.29 is 4.52 Å². The van der Waals surface area contributed by atoms with Crippen LogP contribution in [0.4, 0.5) is 0 Å². The maximum absolute atomic E-state index is 13.2. The van der Waals surface area contributed by atoms with Gasteiger partial charge in [-0.15, -0.1) is 0 Å². The van der Waals surface area contributed by atoms with E-state index in [1.807, 2.05) is 59.2 Å². The molecule has 2 aromatic carbocycles. The molecule has 0 N–H and O–H groups in total. The Balaban J connectivity index is 1.46. The van der Waals surface area contributed by atoms with E-state index in [0.29, 0.717) is 22.9 Å². The lowest BCUT2D eigenvalue weighted by Gasteiger charge is -2.18. The molecule has 0 atom stereocenters. The summed E-state index contributed by atoms with van der Waals surface area (Å²) in [5.41, 5.74) is 1.68. The lowest BCUT2D eigenvalue weighted by atomic mass is 10.2. The number of hydrogen-bond acceptors (Lipinski definition) is 6. The highest BCUT2D eigenvalue weighted by Gasteiger charge is 2.23. The number of hydrogen-bond donors (Lipinski definition) is 0. The molecule has 4 aromatic rings. The average molecular weight is 404 g/mol. The van der Waals surface area contributed by atoms with Gasteiger partial charge in [-0.1, -0.05) is 72.2 Å². The molecule has 0 spiro atoms. The summed E-state index contributed by atoms with van der Waals surface area (Å²) in [6, 6.07) is 17.5. The van der Waals surface area contributed by atoms with Crippen LogP contribution in [0.25, 0.3) is 22.3 Å². The zero-order chi connectivity index (χ0) is 19.6. The van der Waals surface area contributed by atoms with Gasteiger partial charge >= 0.3 is 0 Å². The molecule has 1 aliphatic carbocycles. The largest absolute Gasteiger partial charge is 0.338 e. The summed E-state index contributed by atoms with van der Waals surface area (Å²) >= 11 is 1.48. The molecule has 0 radical (unpaired) electrons. The predicted octanol–water partition coefficient (Wildman–Crippen LogP) is 4.85. The Morgan fingerprint density at radius 1 is 1.00 bits per heavy atom. The molecule has 1 aliphatic rings. The van der Waals surface area contributed by atoms with E-state index >= 15 is 0 Å². The number of benzene rings is 2. The smallest absolute Gasteiger partial charge is 0.262 e. The predicted molar refractivity (Wildman–Crippen MR) is 113 cm³/mol. The standard InChI is InChI=1S/C22H20N4O2S/c27-21-17-12-6-7-13-18(17)23-22(26(21)16-10-4-5-11-16)29-14-19-24-20(25-28-19)15-8-2-1-3-9-15/h1-3,6-9,12-13,16H,4-5,10-11,14H2. The van der Waals surface area contributed by atoms with Crippen molar-refractivity contribution in [1.82, 2.24) is 19.7 Å². The number of fused-ring (bicyclic) bond motifs is 1. The maximum Gasteiger partial charge on any atom is 0.262 e. The van der Waals surface area contributed by atoms with Crippen LogP contribution in [0.2, 0.25) is 0 Å². The molecule has 0 aliphatic heterocycles. The fourth-order valence-corrected chi connectivity index (χ4v) is 4.76. The van der Waals surface area contributed by atoms with Gasteiger partial charge in [-0.3, -0.25) is 9.36 Å². The Bertz CT molecular complexity index is 1200. The molecule has 5 rings (SSSR count). The van der Waals surface area contributed by atoms with Crippen molar-refractivity contribution in [2.75, 3.05) is 0 Å². The summed E-state index contributed by atoms with van der Waals surface area (Å²) < 4.78 is 7.31. The van der Waals surface area contributed by atoms with Crippen LogP contribution in [0.5, 0.6) is 0 Å². The second-order valence-corrected chi connectivity index (χ2v) is 8.13. The van der Waals surface area contributed by atoms with Gasteiger partial charge in [0.05, 0.1) is 16.7 Å². The molecule has 0 saturated heterocycles. The molecular formula is C22H20N4O2S. The first-order valence-corrected chi connectivity index (χ1v) is 10.8. The molecule has 1 fully saturated rings. The number of para-hydroxylation sites is 1. The van der Waals surface area contributed by atoms with E-state index in [0.717, 1.165) is 41.9 Å². The van der Waals surface area contributed by atoms with Gasteiger partial charge in [0, 0.05) is 11.6 Å². The Labute approximate surface area is 172 Å². The van der Waals surface area contributed by atoms with E-state index in [-0.39, 0.29) is 11.6 Å². The molecule has 0 amide bonds. The summed E-state index contributed by atoms with van der Waals surface area (Å²) in [6.07, 6.45) is 4.34. The van der Waals surface area contributed by atoms with Crippen molar-refractivity contribution in [3.05, 3.63) is 70.8 Å². The topological polar surface area (TPSA) is 73.8 Å². The van der Waals surface area contributed by atoms with Gasteiger partial charge in [-0.05, 0) is 25.0 Å². The monoisotopic (exact) mass is 404 g/mol. The van der Waals surface area contributed by atoms with Gasteiger partial charge in [0.25, 0.3) is 5.56 Å². The van der Waals surface area contributed by atoms with Crippen LogP contribution in [0.3, 0.4) is 0 Å². The number of thioether (sulfide) groups is 1. The zero-order valence-electron chi connectivity index (χ0n) is 15.8. The van der Waals surface area contributed by atoms with Gasteiger partial charge in [-0.2, -0.15) is 4.98 Å². The molecule has 7 heteroatoms. The second kappa shape index (κ2) is 7.83. The Morgan fingerprint density at radius 3 is 2.59 bits per heavy atom. The van der Waals surface area contributed by atoms with Crippen LogP contribution in [-0.4, -0.2) is 19.7 Å². The minimum absolute atomic E-state index is 0.0421. The van der Waals surface area contributed by atoms with E-state index in [1.165, 1.54) is 11.8 Å². The Morgan fingerprint density at radius 2 is 1.76 bits per heavy atom. The van der Waals surface area contributed by atoms with Crippen molar-refractivity contribution in [3.63, 3.8) is 0 Å². The molecule has 29 heavy (non-hydrogen) atoms. The molecular weight excluding hydrogens is 384 g/mol. The first kappa shape index (κ1) is 18.1. The van der Waals surface area contributed by atoms with Crippen molar-refractivity contribution in [3.8, 4) is 11.4 Å². The molecule has 146 valence electrons. The van der Waals surface area contributed by atoms with Crippen molar-refractivity contribution in [2.24, 2.45) is 0 Å². The third-order valence-electron chi connectivity index (χ3n) is 5.29. The SMILES string of the molecule is O=c1c2ccccc2nc(SCc2nc(-c3ccccc3)no2)n1C1CCCC1. The van der Waals surface area contributed by atoms with Crippen LogP contribution in [0.15, 0.2) is 69.1 Å². The van der Waals surface area contributed by atoms with Crippen LogP contribution < -0.4 is 5.56 Å². The van der Waals surface area contributed by atoms with Crippen LogP contribution >= 0.6 is 11.8 Å². The van der Waals surface area contributed by atoms with Crippen molar-refractivity contribution >= 4 is 22.7 Å². The maximum atomic E-state index is 13.2. The summed E-state index contributed by atoms with van der Waals surface area (Å²) in [5.74, 6) is 1.56. The fraction of sp³-hybridized carbons (Fsp3) is 0.273. The average Bonchev–Trinajstić information content (AvgIpc) is 3.45. The lowest BCUT2D eigenvalue weighted by Crippen LogP contribution is -2.26. The molecule has 2 aromatic heterocycles. The van der Waals surface area contributed by atoms with E-state index in [2.05, 4.69) is 10.1 Å². The van der Waals surface area contributed by atoms with Crippen molar-refractivity contribution in [2.45, 2.75) is 42.6 Å². The van der Waals surface area contributed by atoms with Crippen molar-refractivity contribution in [1.29, 1.82) is 0 Å². The summed E-state index contributed by atoms with van der Waals surface area (Å²) in [5, 5.41) is 5.47. The summed E-state index contributed by atoms with van der Waals surface area (Å²) in [4.78, 5) is 22.5. The highest BCUT2D eigenvalue weighted by molar-refractivity contribution is 7.98. The van der Waals surface area contributed by atoms with E-state index < -0.39 is 0 Å². The molecule has 0 unspecified atom stereocenters. The minimum atomic E-state index is 0.0421. The highest BCUT2D eigenvalue weighted by atomic mass is 32.2. The second-order valence-electron chi connectivity index (χ2n) is 7.19. The first-order chi connectivity index (χ1) is 14.3. The van der Waals surface area contributed by atoms with Gasteiger partial charge in [0.1, 0.15) is 0 Å². The minimum Gasteiger partial charge on any atom is -0.338 e. The van der Waals surface area contributed by atoms with E-state index in [1.54, 1.807) is 0 Å². The fourth-order valence-electron chi connectivity index (χ4n) is 3.86. The third kappa shape index (κ3) is 3.58. The highest BCUT2D eigenvalue weighted by Crippen LogP contribution is 2.33. The first-order valence-electron chi connectivity index (χ1n) is 9.82. The van der Waals surface area contributed by atoms with Gasteiger partial charge in [-0.25, -0.2) is 4.98 Å². The molecule has 2 heterocycles. The van der Waals surface area contributed by atoms with Gasteiger partial charge in [0.15, 0.2) is 5.16 Å². The molecule has 1 saturated carbocycles. The Hall–Kier alpha value is -2.93. The lowest BCUT2D eigenvalue weighted by molar-refractivity contribution is 0.391. The van der Waals surface area contributed by atoms with Crippen LogP contribution in [-0.2, 0) is 5.75 Å². The number of nitrogens with zero attached hydrogens (tertiary/aromatic N) is 4. The van der Waals surface area contributed by atoms with Crippen LogP contribution in [0.1, 0.15) is 37.6 Å². The molecule has 0 bridgehead atoms. The quantitative estimate of drug-likeness (QED) is 0.350. The Kier molecular flexibility index (Phi) is 4.89. The zero-order valence-corrected chi connectivity index (χ0v) is 16.6. The van der Waals surface area contributed by atoms with Crippen LogP contribution in [0, 0.1) is 0 Å².